The minimum absolute atomic E-state index is 0.171. The fourth-order valence-electron chi connectivity index (χ4n) is 3.64. The van der Waals surface area contributed by atoms with Crippen LogP contribution in [0.3, 0.4) is 0 Å². The molecule has 0 spiro atoms. The molecule has 2 bridgehead atoms. The van der Waals surface area contributed by atoms with Gasteiger partial charge < -0.3 is 5.73 Å². The standard InChI is InChI=1S/C16H16N2/c17-10-16-13-7-3-1-5-11(13)9-15(18-16)12-6-2-4-8-14(12)16/h1-8,15,18H,9-10,17H2/t15-,16+/m0/s1. The fourth-order valence-corrected chi connectivity index (χ4v) is 3.64. The summed E-state index contributed by atoms with van der Waals surface area (Å²) < 4.78 is 0. The zero-order valence-corrected chi connectivity index (χ0v) is 10.2. The molecule has 2 aromatic rings. The van der Waals surface area contributed by atoms with Gasteiger partial charge in [-0.3, -0.25) is 5.32 Å². The van der Waals surface area contributed by atoms with Gasteiger partial charge in [0.15, 0.2) is 0 Å². The van der Waals surface area contributed by atoms with Gasteiger partial charge >= 0.3 is 0 Å². The van der Waals surface area contributed by atoms with E-state index in [4.69, 9.17) is 5.73 Å². The highest BCUT2D eigenvalue weighted by Crippen LogP contribution is 2.47. The van der Waals surface area contributed by atoms with Crippen LogP contribution in [-0.2, 0) is 12.0 Å². The molecule has 0 amide bonds. The van der Waals surface area contributed by atoms with E-state index in [1.807, 2.05) is 0 Å². The second-order valence-corrected chi connectivity index (χ2v) is 5.25. The van der Waals surface area contributed by atoms with Crippen LogP contribution in [0.15, 0.2) is 48.5 Å². The summed E-state index contributed by atoms with van der Waals surface area (Å²) in [4.78, 5) is 0. The van der Waals surface area contributed by atoms with Gasteiger partial charge in [-0.1, -0.05) is 48.5 Å². The molecule has 0 radical (unpaired) electrons. The molecule has 2 aliphatic rings. The average Bonchev–Trinajstić information content (AvgIpc) is 2.71. The molecule has 90 valence electrons. The molecule has 0 aromatic heterocycles. The van der Waals surface area contributed by atoms with E-state index in [2.05, 4.69) is 53.8 Å². The van der Waals surface area contributed by atoms with E-state index in [0.717, 1.165) is 6.42 Å². The molecule has 2 heteroatoms. The number of fused-ring (bicyclic) bond motifs is 7. The van der Waals surface area contributed by atoms with Crippen molar-refractivity contribution < 1.29 is 0 Å². The number of nitrogens with two attached hydrogens (primary N) is 1. The van der Waals surface area contributed by atoms with Gasteiger partial charge in [0.25, 0.3) is 0 Å². The van der Waals surface area contributed by atoms with E-state index in [0.29, 0.717) is 12.6 Å². The first-order valence-electron chi connectivity index (χ1n) is 6.51. The minimum atomic E-state index is -0.171. The van der Waals surface area contributed by atoms with Crippen molar-refractivity contribution in [1.29, 1.82) is 0 Å². The van der Waals surface area contributed by atoms with Gasteiger partial charge in [0.05, 0.1) is 5.54 Å². The summed E-state index contributed by atoms with van der Waals surface area (Å²) in [5.74, 6) is 0. The Morgan fingerprint density at radius 3 is 2.61 bits per heavy atom. The van der Waals surface area contributed by atoms with E-state index >= 15 is 0 Å². The molecule has 2 atom stereocenters. The molecule has 18 heavy (non-hydrogen) atoms. The van der Waals surface area contributed by atoms with Crippen LogP contribution in [0, 0.1) is 0 Å². The van der Waals surface area contributed by atoms with Crippen LogP contribution < -0.4 is 11.1 Å². The van der Waals surface area contributed by atoms with Gasteiger partial charge in [-0.2, -0.15) is 0 Å². The van der Waals surface area contributed by atoms with Crippen LogP contribution in [0.5, 0.6) is 0 Å². The van der Waals surface area contributed by atoms with Crippen molar-refractivity contribution in [3.8, 4) is 0 Å². The van der Waals surface area contributed by atoms with Crippen LogP contribution in [0.4, 0.5) is 0 Å². The van der Waals surface area contributed by atoms with Crippen molar-refractivity contribution >= 4 is 0 Å². The molecule has 0 saturated heterocycles. The van der Waals surface area contributed by atoms with Crippen molar-refractivity contribution in [2.24, 2.45) is 5.73 Å². The molecule has 0 fully saturated rings. The molecule has 0 unspecified atom stereocenters. The molecule has 4 rings (SSSR count). The third-order valence-electron chi connectivity index (χ3n) is 4.42. The topological polar surface area (TPSA) is 38.0 Å². The lowest BCUT2D eigenvalue weighted by atomic mass is 9.81. The first-order chi connectivity index (χ1) is 8.85. The Morgan fingerprint density at radius 1 is 1.06 bits per heavy atom. The third-order valence-corrected chi connectivity index (χ3v) is 4.42. The highest BCUT2D eigenvalue weighted by Gasteiger charge is 2.47. The van der Waals surface area contributed by atoms with Crippen molar-refractivity contribution in [1.82, 2.24) is 5.32 Å². The second-order valence-electron chi connectivity index (χ2n) is 5.25. The third kappa shape index (κ3) is 1.10. The largest absolute Gasteiger partial charge is 0.328 e. The summed E-state index contributed by atoms with van der Waals surface area (Å²) in [5.41, 5.74) is 11.5. The predicted octanol–water partition coefficient (Wildman–Crippen LogP) is 2.09. The maximum atomic E-state index is 6.14. The lowest BCUT2D eigenvalue weighted by molar-refractivity contribution is 0.368. The summed E-state index contributed by atoms with van der Waals surface area (Å²) in [6, 6.07) is 17.8. The maximum Gasteiger partial charge on any atom is 0.0825 e. The number of rotatable bonds is 1. The molecule has 2 nitrogen and oxygen atoms in total. The minimum Gasteiger partial charge on any atom is -0.328 e. The summed E-state index contributed by atoms with van der Waals surface area (Å²) in [7, 11) is 0. The number of benzene rings is 2. The maximum absolute atomic E-state index is 6.14. The van der Waals surface area contributed by atoms with E-state index in [1.165, 1.54) is 22.3 Å². The van der Waals surface area contributed by atoms with Gasteiger partial charge in [-0.25, -0.2) is 0 Å². The van der Waals surface area contributed by atoms with Gasteiger partial charge in [0, 0.05) is 12.6 Å². The first-order valence-corrected chi connectivity index (χ1v) is 6.51. The Labute approximate surface area is 107 Å². The molecule has 0 saturated carbocycles. The normalized spacial score (nSPS) is 27.7. The Balaban J connectivity index is 2.05. The Bertz CT molecular complexity index is 607. The van der Waals surface area contributed by atoms with Crippen LogP contribution in [0.1, 0.15) is 28.3 Å². The molecule has 2 heterocycles. The summed E-state index contributed by atoms with van der Waals surface area (Å²) in [6.07, 6.45) is 1.06. The Kier molecular flexibility index (Phi) is 1.97. The zero-order chi connectivity index (χ0) is 12.2. The number of hydrogen-bond acceptors (Lipinski definition) is 2. The van der Waals surface area contributed by atoms with E-state index in [1.54, 1.807) is 0 Å². The number of nitrogens with one attached hydrogen (secondary N) is 1. The molecular formula is C16H16N2. The van der Waals surface area contributed by atoms with E-state index in [-0.39, 0.29) is 5.54 Å². The average molecular weight is 236 g/mol. The van der Waals surface area contributed by atoms with Gasteiger partial charge in [0.1, 0.15) is 0 Å². The van der Waals surface area contributed by atoms with Crippen LogP contribution in [-0.4, -0.2) is 6.54 Å². The molecule has 0 aliphatic carbocycles. The molecule has 2 aliphatic heterocycles. The summed E-state index contributed by atoms with van der Waals surface area (Å²) >= 11 is 0. The smallest absolute Gasteiger partial charge is 0.0825 e. The fraction of sp³-hybridized carbons (Fsp3) is 0.250. The highest BCUT2D eigenvalue weighted by molar-refractivity contribution is 5.55. The molecule has 3 N–H and O–H groups in total. The van der Waals surface area contributed by atoms with Crippen molar-refractivity contribution in [2.75, 3.05) is 6.54 Å². The highest BCUT2D eigenvalue weighted by atomic mass is 15.1. The van der Waals surface area contributed by atoms with Crippen molar-refractivity contribution in [2.45, 2.75) is 18.0 Å². The molecule has 2 aromatic carbocycles. The monoisotopic (exact) mass is 236 g/mol. The lowest BCUT2D eigenvalue weighted by Gasteiger charge is -2.36. The zero-order valence-electron chi connectivity index (χ0n) is 10.2. The van der Waals surface area contributed by atoms with Crippen LogP contribution in [0.2, 0.25) is 0 Å². The predicted molar refractivity (Wildman–Crippen MR) is 72.3 cm³/mol. The SMILES string of the molecule is NC[C@@]12N[C@@H](Cc3ccccc31)c1ccccc12. The number of hydrogen-bond donors (Lipinski definition) is 2. The lowest BCUT2D eigenvalue weighted by Crippen LogP contribution is -2.49. The van der Waals surface area contributed by atoms with Gasteiger partial charge in [0.2, 0.25) is 0 Å². The van der Waals surface area contributed by atoms with E-state index < -0.39 is 0 Å². The van der Waals surface area contributed by atoms with Crippen LogP contribution >= 0.6 is 0 Å². The van der Waals surface area contributed by atoms with Crippen molar-refractivity contribution in [3.63, 3.8) is 0 Å². The second kappa shape index (κ2) is 3.44. The Morgan fingerprint density at radius 2 is 1.78 bits per heavy atom. The van der Waals surface area contributed by atoms with Crippen molar-refractivity contribution in [3.05, 3.63) is 70.8 Å². The Hall–Kier alpha value is -1.64. The quantitative estimate of drug-likeness (QED) is 0.795. The van der Waals surface area contributed by atoms with Crippen LogP contribution in [0.25, 0.3) is 0 Å². The van der Waals surface area contributed by atoms with Gasteiger partial charge in [-0.05, 0) is 28.7 Å². The summed E-state index contributed by atoms with van der Waals surface area (Å²) in [5, 5.41) is 3.75. The summed E-state index contributed by atoms with van der Waals surface area (Å²) in [6.45, 7) is 0.609. The molecular weight excluding hydrogens is 220 g/mol. The van der Waals surface area contributed by atoms with Gasteiger partial charge in [-0.15, -0.1) is 0 Å². The van der Waals surface area contributed by atoms with E-state index in [9.17, 15) is 0 Å². The first kappa shape index (κ1) is 10.3.